The molecule has 0 atom stereocenters. The summed E-state index contributed by atoms with van der Waals surface area (Å²) >= 11 is 0. The lowest BCUT2D eigenvalue weighted by molar-refractivity contribution is 0.281. The minimum atomic E-state index is -1.64. The summed E-state index contributed by atoms with van der Waals surface area (Å²) in [6.45, 7) is -0.322. The van der Waals surface area contributed by atoms with Gasteiger partial charge in [0.15, 0.2) is 0 Å². The van der Waals surface area contributed by atoms with Gasteiger partial charge < -0.3 is 19.9 Å². The number of hydrogen-bond acceptors (Lipinski definition) is 5. The second-order valence-corrected chi connectivity index (χ2v) is 4.13. The Kier molecular flexibility index (Phi) is 4.38. The van der Waals surface area contributed by atoms with E-state index < -0.39 is 7.12 Å². The van der Waals surface area contributed by atoms with Crippen molar-refractivity contribution in [3.8, 4) is 17.6 Å². The van der Waals surface area contributed by atoms with Gasteiger partial charge in [0, 0.05) is 0 Å². The van der Waals surface area contributed by atoms with Crippen molar-refractivity contribution in [2.24, 2.45) is 0 Å². The zero-order chi connectivity index (χ0) is 14.5. The van der Waals surface area contributed by atoms with Crippen LogP contribution < -0.4 is 10.2 Å². The number of ether oxygens (including phenoxy) is 1. The maximum absolute atomic E-state index is 9.21. The third-order valence-electron chi connectivity index (χ3n) is 2.78. The molecular formula is C14H12BNO4. The van der Waals surface area contributed by atoms with Crippen molar-refractivity contribution >= 4 is 12.6 Å². The van der Waals surface area contributed by atoms with Crippen LogP contribution in [0.2, 0.25) is 0 Å². The van der Waals surface area contributed by atoms with Crippen LogP contribution in [-0.4, -0.2) is 22.3 Å². The highest BCUT2D eigenvalue weighted by atomic mass is 16.5. The number of nitrogens with zero attached hydrogens (tertiary/aromatic N) is 1. The second kappa shape index (κ2) is 6.22. The van der Waals surface area contributed by atoms with Gasteiger partial charge in [0.05, 0.1) is 18.2 Å². The van der Waals surface area contributed by atoms with E-state index >= 15 is 0 Å². The summed E-state index contributed by atoms with van der Waals surface area (Å²) in [5.41, 5.74) is 1.15. The van der Waals surface area contributed by atoms with Crippen molar-refractivity contribution in [1.82, 2.24) is 0 Å². The molecule has 2 rings (SSSR count). The SMILES string of the molecule is N#Cc1ccc(Oc2ccc(B(O)O)c(CO)c2)cc1. The number of aliphatic hydroxyl groups excluding tert-OH is 1. The van der Waals surface area contributed by atoms with Crippen LogP contribution in [0.15, 0.2) is 42.5 Å². The summed E-state index contributed by atoms with van der Waals surface area (Å²) in [6.07, 6.45) is 0. The molecule has 0 radical (unpaired) electrons. The fourth-order valence-corrected chi connectivity index (χ4v) is 1.77. The van der Waals surface area contributed by atoms with Crippen LogP contribution in [0.5, 0.6) is 11.5 Å². The molecule has 0 fully saturated rings. The smallest absolute Gasteiger partial charge is 0.457 e. The fourth-order valence-electron chi connectivity index (χ4n) is 1.77. The molecule has 0 spiro atoms. The van der Waals surface area contributed by atoms with Crippen LogP contribution in [0.3, 0.4) is 0 Å². The van der Waals surface area contributed by atoms with Crippen molar-refractivity contribution < 1.29 is 19.9 Å². The van der Waals surface area contributed by atoms with Gasteiger partial charge in [-0.25, -0.2) is 0 Å². The van der Waals surface area contributed by atoms with Gasteiger partial charge in [-0.1, -0.05) is 6.07 Å². The molecule has 0 aliphatic rings. The van der Waals surface area contributed by atoms with Gasteiger partial charge in [-0.05, 0) is 47.4 Å². The van der Waals surface area contributed by atoms with Crippen molar-refractivity contribution in [3.05, 3.63) is 53.6 Å². The fraction of sp³-hybridized carbons (Fsp3) is 0.0714. The molecule has 0 saturated carbocycles. The molecule has 0 saturated heterocycles. The largest absolute Gasteiger partial charge is 0.488 e. The van der Waals surface area contributed by atoms with Crippen LogP contribution in [-0.2, 0) is 6.61 Å². The Morgan fingerprint density at radius 3 is 2.25 bits per heavy atom. The second-order valence-electron chi connectivity index (χ2n) is 4.13. The Hall–Kier alpha value is -2.33. The average molecular weight is 269 g/mol. The zero-order valence-electron chi connectivity index (χ0n) is 10.5. The molecule has 0 unspecified atom stereocenters. The number of hydrogen-bond donors (Lipinski definition) is 3. The van der Waals surface area contributed by atoms with E-state index in [2.05, 4.69) is 0 Å². The monoisotopic (exact) mass is 269 g/mol. The standard InChI is InChI=1S/C14H12BNO4/c16-8-10-1-3-12(4-2-10)20-13-5-6-14(15(18)19)11(7-13)9-17/h1-7,17-19H,9H2. The average Bonchev–Trinajstić information content (AvgIpc) is 2.47. The molecule has 0 aliphatic carbocycles. The third kappa shape index (κ3) is 3.16. The van der Waals surface area contributed by atoms with E-state index in [1.807, 2.05) is 6.07 Å². The summed E-state index contributed by atoms with van der Waals surface area (Å²) in [5.74, 6) is 1.01. The number of rotatable bonds is 4. The van der Waals surface area contributed by atoms with Gasteiger partial charge in [0.1, 0.15) is 11.5 Å². The van der Waals surface area contributed by atoms with Crippen LogP contribution >= 0.6 is 0 Å². The molecule has 6 heteroatoms. The van der Waals surface area contributed by atoms with E-state index in [4.69, 9.17) is 20.0 Å². The molecule has 20 heavy (non-hydrogen) atoms. The summed E-state index contributed by atoms with van der Waals surface area (Å²) < 4.78 is 5.57. The Labute approximate surface area is 116 Å². The molecule has 100 valence electrons. The first-order valence-electron chi connectivity index (χ1n) is 5.92. The highest BCUT2D eigenvalue weighted by Gasteiger charge is 2.16. The quantitative estimate of drug-likeness (QED) is 0.703. The topological polar surface area (TPSA) is 93.7 Å². The van der Waals surface area contributed by atoms with Gasteiger partial charge in [0.2, 0.25) is 0 Å². The molecule has 3 N–H and O–H groups in total. The molecule has 0 bridgehead atoms. The molecular weight excluding hydrogens is 257 g/mol. The first-order chi connectivity index (χ1) is 9.63. The van der Waals surface area contributed by atoms with E-state index in [1.54, 1.807) is 30.3 Å². The minimum Gasteiger partial charge on any atom is -0.457 e. The Bertz CT molecular complexity index is 635. The van der Waals surface area contributed by atoms with Gasteiger partial charge in [-0.2, -0.15) is 5.26 Å². The van der Waals surface area contributed by atoms with E-state index in [9.17, 15) is 5.11 Å². The van der Waals surface area contributed by atoms with Gasteiger partial charge in [-0.3, -0.25) is 0 Å². The van der Waals surface area contributed by atoms with Crippen molar-refractivity contribution in [2.75, 3.05) is 0 Å². The molecule has 0 amide bonds. The van der Waals surface area contributed by atoms with Gasteiger partial charge >= 0.3 is 7.12 Å². The minimum absolute atomic E-state index is 0.236. The first kappa shape index (κ1) is 14.1. The molecule has 0 aromatic heterocycles. The lowest BCUT2D eigenvalue weighted by Crippen LogP contribution is -2.32. The van der Waals surface area contributed by atoms with E-state index in [1.165, 1.54) is 12.1 Å². The zero-order valence-corrected chi connectivity index (χ0v) is 10.5. The van der Waals surface area contributed by atoms with Crippen molar-refractivity contribution in [3.63, 3.8) is 0 Å². The van der Waals surface area contributed by atoms with Crippen LogP contribution in [0.25, 0.3) is 0 Å². The Balaban J connectivity index is 2.23. The number of aliphatic hydroxyl groups is 1. The lowest BCUT2D eigenvalue weighted by Gasteiger charge is -2.10. The van der Waals surface area contributed by atoms with Crippen LogP contribution in [0.4, 0.5) is 0 Å². The summed E-state index contributed by atoms with van der Waals surface area (Å²) in [7, 11) is -1.64. The van der Waals surface area contributed by atoms with Crippen LogP contribution in [0, 0.1) is 11.3 Å². The summed E-state index contributed by atoms with van der Waals surface area (Å²) in [4.78, 5) is 0. The van der Waals surface area contributed by atoms with E-state index in [-0.39, 0.29) is 12.1 Å². The predicted octanol–water partition coefficient (Wildman–Crippen LogP) is 0.523. The maximum Gasteiger partial charge on any atom is 0.488 e. The third-order valence-corrected chi connectivity index (χ3v) is 2.78. The molecule has 5 nitrogen and oxygen atoms in total. The van der Waals surface area contributed by atoms with Gasteiger partial charge in [-0.15, -0.1) is 0 Å². The number of nitriles is 1. The highest BCUT2D eigenvalue weighted by molar-refractivity contribution is 6.59. The lowest BCUT2D eigenvalue weighted by atomic mass is 9.77. The van der Waals surface area contributed by atoms with Gasteiger partial charge in [0.25, 0.3) is 0 Å². The predicted molar refractivity (Wildman–Crippen MR) is 73.4 cm³/mol. The van der Waals surface area contributed by atoms with Crippen LogP contribution in [0.1, 0.15) is 11.1 Å². The van der Waals surface area contributed by atoms with E-state index in [0.29, 0.717) is 22.6 Å². The Morgan fingerprint density at radius 1 is 1.05 bits per heavy atom. The van der Waals surface area contributed by atoms with Crippen molar-refractivity contribution in [1.29, 1.82) is 5.26 Å². The summed E-state index contributed by atoms with van der Waals surface area (Å²) in [6, 6.07) is 13.2. The van der Waals surface area contributed by atoms with E-state index in [0.717, 1.165) is 0 Å². The highest BCUT2D eigenvalue weighted by Crippen LogP contribution is 2.22. The maximum atomic E-state index is 9.21. The summed E-state index contributed by atoms with van der Waals surface area (Å²) in [5, 5.41) is 36.2. The molecule has 0 heterocycles. The normalized spacial score (nSPS) is 9.90. The Morgan fingerprint density at radius 2 is 1.70 bits per heavy atom. The van der Waals surface area contributed by atoms with Crippen molar-refractivity contribution in [2.45, 2.75) is 6.61 Å². The molecule has 2 aromatic carbocycles. The first-order valence-corrected chi connectivity index (χ1v) is 5.92. The molecule has 2 aromatic rings. The molecule has 0 aliphatic heterocycles. The number of benzene rings is 2.